The van der Waals surface area contributed by atoms with Crippen molar-refractivity contribution < 1.29 is 4.42 Å². The minimum Gasteiger partial charge on any atom is -0.456 e. The second kappa shape index (κ2) is 16.5. The van der Waals surface area contributed by atoms with Crippen LogP contribution in [-0.4, -0.2) is 12.3 Å². The quantitative estimate of drug-likeness (QED) is 0.164. The van der Waals surface area contributed by atoms with Gasteiger partial charge in [0.05, 0.1) is 22.3 Å². The van der Waals surface area contributed by atoms with Gasteiger partial charge in [-0.3, -0.25) is 0 Å². The third kappa shape index (κ3) is 6.51. The van der Waals surface area contributed by atoms with Gasteiger partial charge in [-0.15, -0.1) is 11.3 Å². The van der Waals surface area contributed by atoms with E-state index in [1.54, 1.807) is 0 Å². The Balaban J connectivity index is 1.11. The zero-order valence-electron chi connectivity index (χ0n) is 47.7. The van der Waals surface area contributed by atoms with E-state index in [4.69, 9.17) is 4.42 Å². The van der Waals surface area contributed by atoms with E-state index in [-0.39, 0.29) is 33.9 Å². The first-order valence-corrected chi connectivity index (χ1v) is 30.3. The lowest BCUT2D eigenvalue weighted by Gasteiger charge is -2.51. The predicted molar refractivity (Wildman–Crippen MR) is 343 cm³/mol. The molecule has 394 valence electrons. The molecule has 2 aliphatic carbocycles. The van der Waals surface area contributed by atoms with E-state index < -0.39 is 0 Å². The molecule has 4 nitrogen and oxygen atoms in total. The molecule has 0 amide bonds. The van der Waals surface area contributed by atoms with Crippen molar-refractivity contribution in [3.05, 3.63) is 198 Å². The summed E-state index contributed by atoms with van der Waals surface area (Å²) in [5, 5.41) is 4.93. The molecule has 0 spiro atoms. The Morgan fingerprint density at radius 3 is 1.93 bits per heavy atom. The maximum Gasteiger partial charge on any atom is 0.254 e. The van der Waals surface area contributed by atoms with E-state index in [1.807, 2.05) is 11.3 Å². The lowest BCUT2D eigenvalue weighted by Crippen LogP contribution is -2.62. The highest BCUT2D eigenvalue weighted by Gasteiger charge is 2.58. The summed E-state index contributed by atoms with van der Waals surface area (Å²) in [6.45, 7) is 22.1. The fourth-order valence-electron chi connectivity index (χ4n) is 16.0. The molecule has 5 aliphatic rings. The van der Waals surface area contributed by atoms with Crippen molar-refractivity contribution in [1.29, 1.82) is 0 Å². The number of hydrogen-bond acceptors (Lipinski definition) is 5. The maximum absolute atomic E-state index is 6.86. The van der Waals surface area contributed by atoms with E-state index in [1.165, 1.54) is 123 Å². The van der Waals surface area contributed by atoms with Crippen LogP contribution in [0.25, 0.3) is 53.2 Å². The summed E-state index contributed by atoms with van der Waals surface area (Å²) in [5.41, 5.74) is 23.7. The number of benzene rings is 9. The third-order valence-electron chi connectivity index (χ3n) is 20.6. The summed E-state index contributed by atoms with van der Waals surface area (Å²) in [4.78, 5) is 8.26. The fraction of sp³-hybridized carbons (Fsp3) is 0.270. The summed E-state index contributed by atoms with van der Waals surface area (Å²) >= 11 is 1.97. The number of furan rings is 1. The van der Waals surface area contributed by atoms with Crippen molar-refractivity contribution in [3.8, 4) is 11.1 Å². The van der Waals surface area contributed by atoms with Gasteiger partial charge in [-0.05, 0) is 165 Å². The second-order valence-electron chi connectivity index (χ2n) is 27.0. The van der Waals surface area contributed by atoms with Crippen LogP contribution >= 0.6 is 11.3 Å². The molecule has 16 rings (SSSR count). The second-order valence-corrected chi connectivity index (χ2v) is 28.0. The van der Waals surface area contributed by atoms with Crippen LogP contribution in [0.15, 0.2) is 180 Å². The van der Waals surface area contributed by atoms with Gasteiger partial charge in [-0.1, -0.05) is 177 Å². The van der Waals surface area contributed by atoms with Gasteiger partial charge < -0.3 is 19.1 Å². The zero-order chi connectivity index (χ0) is 54.4. The molecular weight excluding hydrogens is 990 g/mol. The smallest absolute Gasteiger partial charge is 0.254 e. The Kier molecular flexibility index (Phi) is 10.0. The molecule has 2 atom stereocenters. The summed E-state index contributed by atoms with van der Waals surface area (Å²) < 4.78 is 9.55. The molecule has 3 aliphatic heterocycles. The van der Waals surface area contributed by atoms with Gasteiger partial charge in [-0.2, -0.15) is 0 Å². The SMILES string of the molecule is CC(C)(C)c1ccc(N2c3cc(N4c5ccccc5C5(C)CCCCC45C)cc4c3B(c3cc5c(cc3N4c3cccc4oc6ccccc6c34)C(C)(C)CCC5(C)C)c3c2ccc2c3sc3ccccc32)c(-c2ccccc2)c1. The van der Waals surface area contributed by atoms with Crippen molar-refractivity contribution in [3.63, 3.8) is 0 Å². The highest BCUT2D eigenvalue weighted by molar-refractivity contribution is 7.28. The highest BCUT2D eigenvalue weighted by atomic mass is 32.1. The molecule has 11 aromatic rings. The van der Waals surface area contributed by atoms with Gasteiger partial charge in [0.25, 0.3) is 6.71 Å². The largest absolute Gasteiger partial charge is 0.456 e. The highest BCUT2D eigenvalue weighted by Crippen LogP contribution is 2.62. The third-order valence-corrected chi connectivity index (χ3v) is 21.8. The average molecular weight is 1060 g/mol. The molecule has 6 heteroatoms. The summed E-state index contributed by atoms with van der Waals surface area (Å²) in [6, 6.07) is 68.1. The molecule has 1 saturated carbocycles. The number of hydrogen-bond donors (Lipinski definition) is 0. The molecule has 9 aromatic carbocycles. The zero-order valence-corrected chi connectivity index (χ0v) is 48.5. The molecule has 0 bridgehead atoms. The van der Waals surface area contributed by atoms with Crippen molar-refractivity contribution in [2.24, 2.45) is 0 Å². The predicted octanol–water partition coefficient (Wildman–Crippen LogP) is 19.1. The molecular formula is C74H68BN3OS. The number of rotatable bonds is 4. The van der Waals surface area contributed by atoms with Gasteiger partial charge in [0.1, 0.15) is 11.2 Å². The van der Waals surface area contributed by atoms with Gasteiger partial charge in [0, 0.05) is 65.3 Å². The van der Waals surface area contributed by atoms with Crippen molar-refractivity contribution in [1.82, 2.24) is 0 Å². The van der Waals surface area contributed by atoms with Crippen LogP contribution < -0.4 is 31.1 Å². The molecule has 2 unspecified atom stereocenters. The molecule has 0 N–H and O–H groups in total. The van der Waals surface area contributed by atoms with E-state index >= 15 is 0 Å². The Hall–Kier alpha value is -7.54. The molecule has 0 saturated heterocycles. The number of fused-ring (bicyclic) bond motifs is 15. The van der Waals surface area contributed by atoms with Crippen LogP contribution in [0.2, 0.25) is 0 Å². The van der Waals surface area contributed by atoms with Crippen molar-refractivity contribution >= 4 is 122 Å². The van der Waals surface area contributed by atoms with Crippen LogP contribution in [0.5, 0.6) is 0 Å². The first-order valence-electron chi connectivity index (χ1n) is 29.5. The Labute approximate surface area is 475 Å². The Morgan fingerprint density at radius 2 is 1.14 bits per heavy atom. The topological polar surface area (TPSA) is 22.9 Å². The van der Waals surface area contributed by atoms with E-state index in [0.29, 0.717) is 0 Å². The molecule has 2 aromatic heterocycles. The molecule has 80 heavy (non-hydrogen) atoms. The normalized spacial score (nSPS) is 20.5. The minimum absolute atomic E-state index is 0.0176. The molecule has 1 fully saturated rings. The Morgan fingerprint density at radius 1 is 0.487 bits per heavy atom. The van der Waals surface area contributed by atoms with E-state index in [9.17, 15) is 0 Å². The van der Waals surface area contributed by atoms with Gasteiger partial charge in [0.2, 0.25) is 0 Å². The monoisotopic (exact) mass is 1060 g/mol. The fourth-order valence-corrected chi connectivity index (χ4v) is 17.3. The molecule has 5 heterocycles. The minimum atomic E-state index is -0.174. The number of thiophene rings is 1. The first kappa shape index (κ1) is 48.4. The summed E-state index contributed by atoms with van der Waals surface area (Å²) in [5.74, 6) is 0. The average Bonchev–Trinajstić information content (AvgIpc) is 2.28. The Bertz CT molecular complexity index is 4440. The number of para-hydroxylation sites is 2. The van der Waals surface area contributed by atoms with Crippen LogP contribution in [-0.2, 0) is 21.7 Å². The lowest BCUT2D eigenvalue weighted by molar-refractivity contribution is 0.195. The summed E-state index contributed by atoms with van der Waals surface area (Å²) in [6.07, 6.45) is 6.98. The van der Waals surface area contributed by atoms with Crippen LogP contribution in [0.3, 0.4) is 0 Å². The maximum atomic E-state index is 6.86. The van der Waals surface area contributed by atoms with Gasteiger partial charge in [-0.25, -0.2) is 0 Å². The molecule has 0 radical (unpaired) electrons. The van der Waals surface area contributed by atoms with Crippen LogP contribution in [0.4, 0.5) is 45.5 Å². The standard InChI is InChI=1S/C74H68BN3OS/c1-70(2,3)46-32-34-56(51(40-46)45-22-11-10-12-23-45)76-59-35-33-49-48-24-14-18-31-65(48)80-69(49)68(59)75-55-43-53-54(72(6,7)39-38-71(53,4)5)44-60(55)77(58-28-21-30-64-66(58)50-25-13-17-29-63(50)79-64)62-42-47(41-61(76)67(62)75)78-57-27-16-15-26-52(57)73(8)36-19-20-37-74(73,78)9/h10-18,21-35,40-44H,19-20,36-39H2,1-9H3. The van der Waals surface area contributed by atoms with E-state index in [0.717, 1.165) is 53.3 Å². The van der Waals surface area contributed by atoms with Crippen molar-refractivity contribution in [2.45, 2.75) is 128 Å². The lowest BCUT2D eigenvalue weighted by atomic mass is 9.33. The van der Waals surface area contributed by atoms with Gasteiger partial charge in [0.15, 0.2) is 0 Å². The van der Waals surface area contributed by atoms with Crippen LogP contribution in [0.1, 0.15) is 123 Å². The van der Waals surface area contributed by atoms with Gasteiger partial charge >= 0.3 is 0 Å². The first-order chi connectivity index (χ1) is 38.5. The number of nitrogens with zero attached hydrogens (tertiary/aromatic N) is 3. The van der Waals surface area contributed by atoms with Crippen LogP contribution in [0, 0.1) is 0 Å². The number of anilines is 8. The van der Waals surface area contributed by atoms with Crippen molar-refractivity contribution in [2.75, 3.05) is 14.7 Å². The summed E-state index contributed by atoms with van der Waals surface area (Å²) in [7, 11) is 0. The van der Waals surface area contributed by atoms with E-state index in [2.05, 4.69) is 253 Å².